The van der Waals surface area contributed by atoms with Crippen LogP contribution in [0.3, 0.4) is 0 Å². The Kier molecular flexibility index (Phi) is 2.36. The summed E-state index contributed by atoms with van der Waals surface area (Å²) >= 11 is 0. The van der Waals surface area contributed by atoms with Gasteiger partial charge in [0, 0.05) is 24.0 Å². The Morgan fingerprint density at radius 3 is 2.82 bits per heavy atom. The van der Waals surface area contributed by atoms with Gasteiger partial charge >= 0.3 is 0 Å². The number of anilines is 1. The molecule has 3 rings (SSSR count). The number of amides is 1. The first-order valence-electron chi connectivity index (χ1n) is 5.50. The summed E-state index contributed by atoms with van der Waals surface area (Å²) in [7, 11) is 0. The minimum atomic E-state index is -0.181. The third-order valence-electron chi connectivity index (χ3n) is 2.73. The number of pyridine rings is 1. The molecule has 0 saturated heterocycles. The molecule has 0 aliphatic heterocycles. The highest BCUT2D eigenvalue weighted by Gasteiger charge is 2.32. The van der Waals surface area contributed by atoms with Crippen molar-refractivity contribution in [2.75, 3.05) is 5.32 Å². The average Bonchev–Trinajstić information content (AvgIpc) is 3.08. The van der Waals surface area contributed by atoms with Crippen LogP contribution in [-0.4, -0.2) is 16.0 Å². The summed E-state index contributed by atoms with van der Waals surface area (Å²) in [5.41, 5.74) is 1.25. The molecule has 0 spiro atoms. The first-order valence-corrected chi connectivity index (χ1v) is 5.50. The Labute approximate surface area is 97.8 Å². The van der Waals surface area contributed by atoms with Crippen molar-refractivity contribution in [3.63, 3.8) is 0 Å². The van der Waals surface area contributed by atoms with Crippen LogP contribution >= 0.6 is 0 Å². The minimum Gasteiger partial charge on any atom is -0.360 e. The monoisotopic (exact) mass is 229 g/mol. The number of nitrogens with one attached hydrogen (secondary N) is 1. The number of nitrogens with zero attached hydrogens (tertiary/aromatic N) is 2. The lowest BCUT2D eigenvalue weighted by Crippen LogP contribution is -2.12. The molecule has 2 heterocycles. The second-order valence-corrected chi connectivity index (χ2v) is 4.07. The summed E-state index contributed by atoms with van der Waals surface area (Å²) < 4.78 is 5.12. The summed E-state index contributed by atoms with van der Waals surface area (Å²) in [4.78, 5) is 15.9. The van der Waals surface area contributed by atoms with Gasteiger partial charge in [0.1, 0.15) is 5.56 Å². The zero-order chi connectivity index (χ0) is 11.7. The van der Waals surface area contributed by atoms with Crippen molar-refractivity contribution in [3.05, 3.63) is 42.0 Å². The molecule has 0 unspecified atom stereocenters. The normalized spacial score (nSPS) is 14.6. The second kappa shape index (κ2) is 4.01. The molecule has 1 amide bonds. The lowest BCUT2D eigenvalue weighted by atomic mass is 10.2. The molecule has 1 saturated carbocycles. The van der Waals surface area contributed by atoms with Crippen molar-refractivity contribution in [3.8, 4) is 0 Å². The van der Waals surface area contributed by atoms with E-state index in [1.165, 1.54) is 6.20 Å². The molecule has 2 aromatic rings. The Bertz CT molecular complexity index is 532. The Hall–Kier alpha value is -2.17. The van der Waals surface area contributed by atoms with E-state index >= 15 is 0 Å². The summed E-state index contributed by atoms with van der Waals surface area (Å²) in [6.45, 7) is 0. The third kappa shape index (κ3) is 2.04. The maximum atomic E-state index is 12.0. The lowest BCUT2D eigenvalue weighted by molar-refractivity contribution is 0.102. The van der Waals surface area contributed by atoms with E-state index in [0.29, 0.717) is 22.9 Å². The van der Waals surface area contributed by atoms with Gasteiger partial charge in [-0.2, -0.15) is 0 Å². The van der Waals surface area contributed by atoms with E-state index in [0.717, 1.165) is 12.8 Å². The van der Waals surface area contributed by atoms with Gasteiger partial charge in [0.2, 0.25) is 0 Å². The van der Waals surface area contributed by atoms with Gasteiger partial charge in [-0.25, -0.2) is 0 Å². The zero-order valence-electron chi connectivity index (χ0n) is 9.09. The van der Waals surface area contributed by atoms with Crippen LogP contribution < -0.4 is 5.32 Å². The molecular formula is C12H11N3O2. The van der Waals surface area contributed by atoms with Gasteiger partial charge in [-0.3, -0.25) is 9.78 Å². The van der Waals surface area contributed by atoms with Gasteiger partial charge in [-0.1, -0.05) is 5.16 Å². The van der Waals surface area contributed by atoms with Crippen molar-refractivity contribution in [2.45, 2.75) is 18.8 Å². The Balaban J connectivity index is 1.80. The molecule has 1 fully saturated rings. The van der Waals surface area contributed by atoms with Crippen LogP contribution in [0.1, 0.15) is 34.9 Å². The Morgan fingerprint density at radius 1 is 1.35 bits per heavy atom. The summed E-state index contributed by atoms with van der Waals surface area (Å²) in [6.07, 6.45) is 6.88. The maximum absolute atomic E-state index is 12.0. The van der Waals surface area contributed by atoms with Gasteiger partial charge in [-0.15, -0.1) is 0 Å². The van der Waals surface area contributed by atoms with E-state index in [9.17, 15) is 4.79 Å². The zero-order valence-corrected chi connectivity index (χ0v) is 9.09. The fraction of sp³-hybridized carbons (Fsp3) is 0.250. The SMILES string of the molecule is O=C(Nc1ccncc1)c1cnoc1C1CC1. The van der Waals surface area contributed by atoms with Crippen molar-refractivity contribution < 1.29 is 9.32 Å². The van der Waals surface area contributed by atoms with Crippen LogP contribution in [0.4, 0.5) is 5.69 Å². The van der Waals surface area contributed by atoms with Gasteiger partial charge < -0.3 is 9.84 Å². The summed E-state index contributed by atoms with van der Waals surface area (Å²) in [5, 5.41) is 6.49. The van der Waals surface area contributed by atoms with E-state index in [2.05, 4.69) is 15.5 Å². The molecule has 5 heteroatoms. The van der Waals surface area contributed by atoms with Crippen LogP contribution in [0.5, 0.6) is 0 Å². The largest absolute Gasteiger partial charge is 0.360 e. The maximum Gasteiger partial charge on any atom is 0.260 e. The molecule has 0 aromatic carbocycles. The highest BCUT2D eigenvalue weighted by Crippen LogP contribution is 2.41. The van der Waals surface area contributed by atoms with Crippen molar-refractivity contribution >= 4 is 11.6 Å². The van der Waals surface area contributed by atoms with Crippen LogP contribution in [0.25, 0.3) is 0 Å². The molecule has 5 nitrogen and oxygen atoms in total. The van der Waals surface area contributed by atoms with E-state index < -0.39 is 0 Å². The van der Waals surface area contributed by atoms with Crippen LogP contribution in [-0.2, 0) is 0 Å². The summed E-state index contributed by atoms with van der Waals surface area (Å²) in [5.74, 6) is 0.895. The first-order chi connectivity index (χ1) is 8.34. The van der Waals surface area contributed by atoms with Crippen molar-refractivity contribution in [2.24, 2.45) is 0 Å². The van der Waals surface area contributed by atoms with Crippen LogP contribution in [0, 0.1) is 0 Å². The molecule has 1 N–H and O–H groups in total. The highest BCUT2D eigenvalue weighted by atomic mass is 16.5. The molecule has 2 aromatic heterocycles. The lowest BCUT2D eigenvalue weighted by Gasteiger charge is -2.03. The van der Waals surface area contributed by atoms with Gasteiger partial charge in [0.05, 0.1) is 6.20 Å². The smallest absolute Gasteiger partial charge is 0.260 e. The van der Waals surface area contributed by atoms with E-state index in [1.807, 2.05) is 0 Å². The predicted octanol–water partition coefficient (Wildman–Crippen LogP) is 2.20. The van der Waals surface area contributed by atoms with E-state index in [1.54, 1.807) is 24.5 Å². The molecule has 0 radical (unpaired) electrons. The van der Waals surface area contributed by atoms with Crippen molar-refractivity contribution in [1.82, 2.24) is 10.1 Å². The highest BCUT2D eigenvalue weighted by molar-refractivity contribution is 6.04. The molecule has 86 valence electrons. The molecule has 17 heavy (non-hydrogen) atoms. The number of carbonyl (C=O) groups is 1. The number of hydrogen-bond acceptors (Lipinski definition) is 4. The standard InChI is InChI=1S/C12H11N3O2/c16-12(15-9-3-5-13-6-4-9)10-7-14-17-11(10)8-1-2-8/h3-8H,1-2H2,(H,13,15,16). The molecular weight excluding hydrogens is 218 g/mol. The minimum absolute atomic E-state index is 0.181. The number of carbonyl (C=O) groups excluding carboxylic acids is 1. The average molecular weight is 229 g/mol. The van der Waals surface area contributed by atoms with E-state index in [4.69, 9.17) is 4.52 Å². The molecule has 0 bridgehead atoms. The quantitative estimate of drug-likeness (QED) is 0.876. The first kappa shape index (κ1) is 10.0. The van der Waals surface area contributed by atoms with Gasteiger partial charge in [0.15, 0.2) is 5.76 Å². The topological polar surface area (TPSA) is 68.0 Å². The second-order valence-electron chi connectivity index (χ2n) is 4.07. The van der Waals surface area contributed by atoms with E-state index in [-0.39, 0.29) is 5.91 Å². The molecule has 1 aliphatic rings. The fourth-order valence-electron chi connectivity index (χ4n) is 1.69. The van der Waals surface area contributed by atoms with Crippen LogP contribution in [0.2, 0.25) is 0 Å². The van der Waals surface area contributed by atoms with Gasteiger partial charge in [0.25, 0.3) is 5.91 Å². The predicted molar refractivity (Wildman–Crippen MR) is 60.7 cm³/mol. The Morgan fingerprint density at radius 2 is 2.12 bits per heavy atom. The van der Waals surface area contributed by atoms with Crippen LogP contribution in [0.15, 0.2) is 35.2 Å². The molecule has 1 aliphatic carbocycles. The molecule has 0 atom stereocenters. The summed E-state index contributed by atoms with van der Waals surface area (Å²) in [6, 6.07) is 3.48. The number of hydrogen-bond donors (Lipinski definition) is 1. The fourth-order valence-corrected chi connectivity index (χ4v) is 1.69. The van der Waals surface area contributed by atoms with Crippen molar-refractivity contribution in [1.29, 1.82) is 0 Å². The number of aromatic nitrogens is 2. The van der Waals surface area contributed by atoms with Gasteiger partial charge in [-0.05, 0) is 25.0 Å². The third-order valence-corrected chi connectivity index (χ3v) is 2.73. The number of rotatable bonds is 3.